The summed E-state index contributed by atoms with van der Waals surface area (Å²) in [7, 11) is 1.66. The lowest BCUT2D eigenvalue weighted by molar-refractivity contribution is 0.0950. The molecule has 5 nitrogen and oxygen atoms in total. The molecule has 0 aliphatic carbocycles. The lowest BCUT2D eigenvalue weighted by atomic mass is 10.1. The molecule has 1 aromatic heterocycles. The summed E-state index contributed by atoms with van der Waals surface area (Å²) in [6.45, 7) is 3.32. The van der Waals surface area contributed by atoms with E-state index in [1.165, 1.54) is 0 Å². The van der Waals surface area contributed by atoms with E-state index in [1.807, 2.05) is 48.7 Å². The van der Waals surface area contributed by atoms with E-state index in [0.29, 0.717) is 31.1 Å². The van der Waals surface area contributed by atoms with Gasteiger partial charge in [-0.1, -0.05) is 30.3 Å². The summed E-state index contributed by atoms with van der Waals surface area (Å²) in [5, 5.41) is 5.94. The van der Waals surface area contributed by atoms with Gasteiger partial charge in [-0.15, -0.1) is 11.3 Å². The van der Waals surface area contributed by atoms with E-state index in [2.05, 4.69) is 10.3 Å². The first-order chi connectivity index (χ1) is 13.2. The Morgan fingerprint density at radius 3 is 2.67 bits per heavy atom. The van der Waals surface area contributed by atoms with Crippen LogP contribution in [0, 0.1) is 6.92 Å². The smallest absolute Gasteiger partial charge is 0.251 e. The predicted octanol–water partition coefficient (Wildman–Crippen LogP) is 4.11. The van der Waals surface area contributed by atoms with Gasteiger partial charge in [0.25, 0.3) is 5.91 Å². The number of aromatic nitrogens is 1. The molecule has 0 bridgehead atoms. The summed E-state index contributed by atoms with van der Waals surface area (Å²) in [5.41, 5.74) is 3.56. The van der Waals surface area contributed by atoms with Crippen molar-refractivity contribution in [3.8, 4) is 5.75 Å². The topological polar surface area (TPSA) is 60.5 Å². The van der Waals surface area contributed by atoms with Crippen molar-refractivity contribution in [2.45, 2.75) is 26.7 Å². The molecule has 6 heteroatoms. The van der Waals surface area contributed by atoms with Gasteiger partial charge in [-0.2, -0.15) is 0 Å². The van der Waals surface area contributed by atoms with Crippen LogP contribution in [0.4, 0.5) is 0 Å². The Labute approximate surface area is 163 Å². The molecule has 1 heterocycles. The summed E-state index contributed by atoms with van der Waals surface area (Å²) < 4.78 is 11.0. The van der Waals surface area contributed by atoms with E-state index >= 15 is 0 Å². The number of rotatable bonds is 8. The van der Waals surface area contributed by atoms with Crippen LogP contribution in [-0.4, -0.2) is 18.0 Å². The van der Waals surface area contributed by atoms with E-state index in [9.17, 15) is 4.79 Å². The van der Waals surface area contributed by atoms with Gasteiger partial charge in [0.2, 0.25) is 0 Å². The first-order valence-corrected chi connectivity index (χ1v) is 9.51. The molecular formula is C21H22N2O3S. The molecule has 2 aromatic carbocycles. The lowest BCUT2D eigenvalue weighted by Gasteiger charge is -2.11. The lowest BCUT2D eigenvalue weighted by Crippen LogP contribution is -2.23. The van der Waals surface area contributed by atoms with Gasteiger partial charge >= 0.3 is 0 Å². The van der Waals surface area contributed by atoms with Gasteiger partial charge in [0.05, 0.1) is 17.3 Å². The second kappa shape index (κ2) is 9.30. The van der Waals surface area contributed by atoms with Gasteiger partial charge in [0, 0.05) is 24.6 Å². The van der Waals surface area contributed by atoms with Gasteiger partial charge < -0.3 is 14.8 Å². The fraction of sp³-hybridized carbons (Fsp3) is 0.238. The summed E-state index contributed by atoms with van der Waals surface area (Å²) in [6.07, 6.45) is 0. The molecule has 3 aromatic rings. The number of nitrogens with zero attached hydrogens (tertiary/aromatic N) is 1. The Hall–Kier alpha value is -2.70. The summed E-state index contributed by atoms with van der Waals surface area (Å²) in [4.78, 5) is 16.9. The van der Waals surface area contributed by atoms with Crippen LogP contribution in [0.3, 0.4) is 0 Å². The number of carbonyl (C=O) groups excluding carboxylic acids is 1. The zero-order chi connectivity index (χ0) is 19.1. The van der Waals surface area contributed by atoms with Crippen LogP contribution >= 0.6 is 11.3 Å². The van der Waals surface area contributed by atoms with E-state index in [1.54, 1.807) is 30.6 Å². The Morgan fingerprint density at radius 2 is 1.93 bits per heavy atom. The average molecular weight is 382 g/mol. The van der Waals surface area contributed by atoms with E-state index in [4.69, 9.17) is 9.47 Å². The summed E-state index contributed by atoms with van der Waals surface area (Å²) in [5.74, 6) is 0.505. The number of ether oxygens (including phenoxy) is 2. The maximum absolute atomic E-state index is 12.5. The third-order valence-electron chi connectivity index (χ3n) is 4.01. The quantitative estimate of drug-likeness (QED) is 0.637. The van der Waals surface area contributed by atoms with Crippen LogP contribution in [0.15, 0.2) is 53.9 Å². The Kier molecular flexibility index (Phi) is 6.57. The second-order valence-corrected chi connectivity index (χ2v) is 7.12. The summed E-state index contributed by atoms with van der Waals surface area (Å²) in [6, 6.07) is 15.1. The van der Waals surface area contributed by atoms with E-state index in [0.717, 1.165) is 21.8 Å². The molecule has 27 heavy (non-hydrogen) atoms. The minimum absolute atomic E-state index is 0.142. The zero-order valence-corrected chi connectivity index (χ0v) is 16.2. The zero-order valence-electron chi connectivity index (χ0n) is 15.4. The molecule has 0 radical (unpaired) electrons. The fourth-order valence-corrected chi connectivity index (χ4v) is 3.26. The molecule has 0 saturated heterocycles. The van der Waals surface area contributed by atoms with Crippen LogP contribution < -0.4 is 10.1 Å². The minimum atomic E-state index is -0.142. The Bertz CT molecular complexity index is 908. The predicted molar refractivity (Wildman–Crippen MR) is 106 cm³/mol. The maximum Gasteiger partial charge on any atom is 0.251 e. The van der Waals surface area contributed by atoms with Crippen LogP contribution in [-0.2, 0) is 24.5 Å². The third-order valence-corrected chi connectivity index (χ3v) is 4.83. The largest absolute Gasteiger partial charge is 0.487 e. The van der Waals surface area contributed by atoms with Gasteiger partial charge in [-0.05, 0) is 36.2 Å². The van der Waals surface area contributed by atoms with E-state index in [-0.39, 0.29) is 5.91 Å². The van der Waals surface area contributed by atoms with Crippen molar-refractivity contribution in [1.82, 2.24) is 10.3 Å². The highest BCUT2D eigenvalue weighted by Crippen LogP contribution is 2.17. The van der Waals surface area contributed by atoms with Crippen molar-refractivity contribution < 1.29 is 14.3 Å². The summed E-state index contributed by atoms with van der Waals surface area (Å²) >= 11 is 1.59. The van der Waals surface area contributed by atoms with Crippen molar-refractivity contribution in [2.75, 3.05) is 7.11 Å². The number of amides is 1. The highest BCUT2D eigenvalue weighted by molar-refractivity contribution is 7.09. The van der Waals surface area contributed by atoms with Crippen molar-refractivity contribution in [3.63, 3.8) is 0 Å². The number of carbonyl (C=O) groups is 1. The minimum Gasteiger partial charge on any atom is -0.487 e. The molecule has 1 amide bonds. The number of nitrogens with one attached hydrogen (secondary N) is 1. The van der Waals surface area contributed by atoms with Crippen LogP contribution in [0.2, 0.25) is 0 Å². The maximum atomic E-state index is 12.5. The standard InChI is InChI=1S/C21H22N2O3S/c1-15-23-19(14-27-15)13-26-20-9-5-8-16(10-20)21(24)22-11-17-6-3-4-7-18(17)12-25-2/h3-10,14H,11-13H2,1-2H3,(H,22,24). The van der Waals surface area contributed by atoms with Crippen LogP contribution in [0.1, 0.15) is 32.2 Å². The molecule has 0 spiro atoms. The molecule has 1 N–H and O–H groups in total. The Balaban J connectivity index is 1.60. The highest BCUT2D eigenvalue weighted by atomic mass is 32.1. The van der Waals surface area contributed by atoms with Crippen molar-refractivity contribution in [3.05, 3.63) is 81.3 Å². The van der Waals surface area contributed by atoms with Crippen molar-refractivity contribution in [1.29, 1.82) is 0 Å². The van der Waals surface area contributed by atoms with Gasteiger partial charge in [0.1, 0.15) is 12.4 Å². The Morgan fingerprint density at radius 1 is 1.11 bits per heavy atom. The second-order valence-electron chi connectivity index (χ2n) is 6.06. The monoisotopic (exact) mass is 382 g/mol. The molecule has 0 aliphatic heterocycles. The number of methoxy groups -OCH3 is 1. The van der Waals surface area contributed by atoms with Crippen LogP contribution in [0.5, 0.6) is 5.75 Å². The highest BCUT2D eigenvalue weighted by Gasteiger charge is 2.09. The number of hydrogen-bond acceptors (Lipinski definition) is 5. The molecule has 0 unspecified atom stereocenters. The van der Waals surface area contributed by atoms with Crippen molar-refractivity contribution >= 4 is 17.2 Å². The van der Waals surface area contributed by atoms with E-state index < -0.39 is 0 Å². The normalized spacial score (nSPS) is 10.6. The number of thiazole rings is 1. The SMILES string of the molecule is COCc1ccccc1CNC(=O)c1cccc(OCc2csc(C)n2)c1. The molecule has 140 valence electrons. The number of benzene rings is 2. The fourth-order valence-electron chi connectivity index (χ4n) is 2.66. The van der Waals surface area contributed by atoms with Gasteiger partial charge in [-0.3, -0.25) is 4.79 Å². The molecular weight excluding hydrogens is 360 g/mol. The molecule has 0 saturated carbocycles. The molecule has 0 fully saturated rings. The average Bonchev–Trinajstić information content (AvgIpc) is 3.11. The first kappa shape index (κ1) is 19.1. The van der Waals surface area contributed by atoms with Crippen LogP contribution in [0.25, 0.3) is 0 Å². The number of hydrogen-bond donors (Lipinski definition) is 1. The molecule has 3 rings (SSSR count). The first-order valence-electron chi connectivity index (χ1n) is 8.63. The molecule has 0 atom stereocenters. The van der Waals surface area contributed by atoms with Gasteiger partial charge in [0.15, 0.2) is 0 Å². The van der Waals surface area contributed by atoms with Gasteiger partial charge in [-0.25, -0.2) is 4.98 Å². The van der Waals surface area contributed by atoms with Crippen molar-refractivity contribution in [2.24, 2.45) is 0 Å². The number of aryl methyl sites for hydroxylation is 1. The third kappa shape index (κ3) is 5.39. The molecule has 0 aliphatic rings.